The van der Waals surface area contributed by atoms with Gasteiger partial charge in [0.2, 0.25) is 5.91 Å². The minimum absolute atomic E-state index is 0.0962. The molecule has 1 amide bonds. The first-order chi connectivity index (χ1) is 9.15. The molecule has 5 heteroatoms. The maximum atomic E-state index is 11.7. The van der Waals surface area contributed by atoms with Gasteiger partial charge in [0, 0.05) is 17.3 Å². The van der Waals surface area contributed by atoms with E-state index in [1.807, 2.05) is 0 Å². The van der Waals surface area contributed by atoms with Crippen molar-refractivity contribution in [2.75, 3.05) is 25.0 Å². The van der Waals surface area contributed by atoms with Crippen molar-refractivity contribution in [2.45, 2.75) is 19.8 Å². The molecular weight excluding hydrogens is 264 g/mol. The SMILES string of the molecule is CCC(CCO)CNCC(=O)Nc1cccc(Cl)c1. The fourth-order valence-electron chi connectivity index (χ4n) is 1.79. The molecule has 0 fully saturated rings. The summed E-state index contributed by atoms with van der Waals surface area (Å²) in [6.45, 7) is 3.26. The van der Waals surface area contributed by atoms with Crippen LogP contribution in [0.4, 0.5) is 5.69 Å². The number of hydrogen-bond acceptors (Lipinski definition) is 3. The van der Waals surface area contributed by atoms with Crippen LogP contribution in [-0.4, -0.2) is 30.7 Å². The van der Waals surface area contributed by atoms with E-state index < -0.39 is 0 Å². The predicted octanol–water partition coefficient (Wildman–Crippen LogP) is 2.28. The highest BCUT2D eigenvalue weighted by molar-refractivity contribution is 6.30. The van der Waals surface area contributed by atoms with Crippen LogP contribution in [0.3, 0.4) is 0 Å². The summed E-state index contributed by atoms with van der Waals surface area (Å²) in [5.41, 5.74) is 0.696. The molecule has 3 N–H and O–H groups in total. The Bertz CT molecular complexity index is 399. The highest BCUT2D eigenvalue weighted by atomic mass is 35.5. The molecular formula is C14H21ClN2O2. The zero-order chi connectivity index (χ0) is 14.1. The van der Waals surface area contributed by atoms with Gasteiger partial charge in [0.05, 0.1) is 6.54 Å². The lowest BCUT2D eigenvalue weighted by molar-refractivity contribution is -0.115. The maximum absolute atomic E-state index is 11.7. The van der Waals surface area contributed by atoms with Gasteiger partial charge < -0.3 is 15.7 Å². The van der Waals surface area contributed by atoms with Gasteiger partial charge in [-0.3, -0.25) is 4.79 Å². The second-order valence-corrected chi connectivity index (χ2v) is 4.91. The summed E-state index contributed by atoms with van der Waals surface area (Å²) in [6.07, 6.45) is 1.75. The molecule has 0 aliphatic heterocycles. The molecule has 0 spiro atoms. The zero-order valence-electron chi connectivity index (χ0n) is 11.2. The van der Waals surface area contributed by atoms with Crippen molar-refractivity contribution < 1.29 is 9.90 Å². The fourth-order valence-corrected chi connectivity index (χ4v) is 1.98. The van der Waals surface area contributed by atoms with Crippen LogP contribution >= 0.6 is 11.6 Å². The molecule has 1 unspecified atom stereocenters. The number of halogens is 1. The van der Waals surface area contributed by atoms with E-state index >= 15 is 0 Å². The lowest BCUT2D eigenvalue weighted by Gasteiger charge is -2.14. The standard InChI is InChI=1S/C14H21ClN2O2/c1-2-11(6-7-18)9-16-10-14(19)17-13-5-3-4-12(15)8-13/h3-5,8,11,16,18H,2,6-7,9-10H2,1H3,(H,17,19). The number of nitrogens with one attached hydrogen (secondary N) is 2. The third kappa shape index (κ3) is 6.57. The summed E-state index contributed by atoms with van der Waals surface area (Å²) < 4.78 is 0. The Hall–Kier alpha value is -1.10. The summed E-state index contributed by atoms with van der Waals surface area (Å²) in [5, 5.41) is 15.3. The summed E-state index contributed by atoms with van der Waals surface area (Å²) in [5.74, 6) is 0.310. The summed E-state index contributed by atoms with van der Waals surface area (Å²) in [4.78, 5) is 11.7. The minimum Gasteiger partial charge on any atom is -0.396 e. The number of anilines is 1. The van der Waals surface area contributed by atoms with Gasteiger partial charge in [-0.15, -0.1) is 0 Å². The van der Waals surface area contributed by atoms with E-state index in [2.05, 4.69) is 17.6 Å². The number of aliphatic hydroxyl groups excluding tert-OH is 1. The Morgan fingerprint density at radius 2 is 2.26 bits per heavy atom. The van der Waals surface area contributed by atoms with Crippen molar-refractivity contribution in [3.63, 3.8) is 0 Å². The van der Waals surface area contributed by atoms with Gasteiger partial charge in [-0.05, 0) is 37.1 Å². The highest BCUT2D eigenvalue weighted by Crippen LogP contribution is 2.14. The maximum Gasteiger partial charge on any atom is 0.238 e. The second kappa shape index (κ2) is 8.91. The first-order valence-corrected chi connectivity index (χ1v) is 6.90. The topological polar surface area (TPSA) is 61.4 Å². The van der Waals surface area contributed by atoms with Crippen LogP contribution in [0, 0.1) is 5.92 Å². The summed E-state index contributed by atoms with van der Waals surface area (Å²) in [7, 11) is 0. The molecule has 1 aromatic carbocycles. The molecule has 1 aromatic rings. The lowest BCUT2D eigenvalue weighted by atomic mass is 10.0. The van der Waals surface area contributed by atoms with Crippen molar-refractivity contribution in [2.24, 2.45) is 5.92 Å². The average molecular weight is 285 g/mol. The molecule has 19 heavy (non-hydrogen) atoms. The zero-order valence-corrected chi connectivity index (χ0v) is 11.9. The van der Waals surface area contributed by atoms with E-state index in [-0.39, 0.29) is 19.1 Å². The van der Waals surface area contributed by atoms with Crippen molar-refractivity contribution in [3.05, 3.63) is 29.3 Å². The molecule has 0 aliphatic carbocycles. The van der Waals surface area contributed by atoms with Gasteiger partial charge in [0.1, 0.15) is 0 Å². The molecule has 0 aliphatic rings. The largest absolute Gasteiger partial charge is 0.396 e. The Balaban J connectivity index is 2.28. The summed E-state index contributed by atoms with van der Waals surface area (Å²) in [6, 6.07) is 7.06. The molecule has 106 valence electrons. The van der Waals surface area contributed by atoms with Gasteiger partial charge >= 0.3 is 0 Å². The van der Waals surface area contributed by atoms with Gasteiger partial charge in [-0.25, -0.2) is 0 Å². The Morgan fingerprint density at radius 1 is 1.47 bits per heavy atom. The molecule has 4 nitrogen and oxygen atoms in total. The van der Waals surface area contributed by atoms with E-state index in [4.69, 9.17) is 16.7 Å². The molecule has 1 atom stereocenters. The van der Waals surface area contributed by atoms with Crippen LogP contribution in [0.15, 0.2) is 24.3 Å². The third-order valence-corrected chi connectivity index (χ3v) is 3.18. The van der Waals surface area contributed by atoms with Gasteiger partial charge in [-0.2, -0.15) is 0 Å². The monoisotopic (exact) mass is 284 g/mol. The Morgan fingerprint density at radius 3 is 2.89 bits per heavy atom. The smallest absolute Gasteiger partial charge is 0.238 e. The van der Waals surface area contributed by atoms with Crippen LogP contribution in [0.2, 0.25) is 5.02 Å². The van der Waals surface area contributed by atoms with Crippen molar-refractivity contribution in [1.29, 1.82) is 0 Å². The number of carbonyl (C=O) groups is 1. The van der Waals surface area contributed by atoms with Crippen molar-refractivity contribution in [3.8, 4) is 0 Å². The quantitative estimate of drug-likeness (QED) is 0.686. The predicted molar refractivity (Wildman–Crippen MR) is 78.4 cm³/mol. The molecule has 1 rings (SSSR count). The summed E-state index contributed by atoms with van der Waals surface area (Å²) >= 11 is 5.84. The molecule has 0 radical (unpaired) electrons. The van der Waals surface area contributed by atoms with E-state index in [9.17, 15) is 4.79 Å². The first-order valence-electron chi connectivity index (χ1n) is 6.52. The van der Waals surface area contributed by atoms with Gasteiger partial charge in [0.25, 0.3) is 0 Å². The Kier molecular flexibility index (Phi) is 7.48. The van der Waals surface area contributed by atoms with Crippen LogP contribution in [0.1, 0.15) is 19.8 Å². The van der Waals surface area contributed by atoms with E-state index in [1.54, 1.807) is 24.3 Å². The van der Waals surface area contributed by atoms with Gasteiger partial charge in [-0.1, -0.05) is 31.0 Å². The molecule has 0 saturated heterocycles. The fraction of sp³-hybridized carbons (Fsp3) is 0.500. The van der Waals surface area contributed by atoms with E-state index in [1.165, 1.54) is 0 Å². The van der Waals surface area contributed by atoms with E-state index in [0.717, 1.165) is 19.4 Å². The first kappa shape index (κ1) is 16.0. The van der Waals surface area contributed by atoms with Crippen molar-refractivity contribution in [1.82, 2.24) is 5.32 Å². The lowest BCUT2D eigenvalue weighted by Crippen LogP contribution is -2.32. The van der Waals surface area contributed by atoms with Crippen LogP contribution in [-0.2, 0) is 4.79 Å². The number of carbonyl (C=O) groups excluding carboxylic acids is 1. The van der Waals surface area contributed by atoms with Crippen molar-refractivity contribution >= 4 is 23.2 Å². The van der Waals surface area contributed by atoms with Crippen LogP contribution in [0.25, 0.3) is 0 Å². The third-order valence-electron chi connectivity index (χ3n) is 2.94. The number of hydrogen-bond donors (Lipinski definition) is 3. The number of aliphatic hydroxyl groups is 1. The van der Waals surface area contributed by atoms with Crippen LogP contribution in [0.5, 0.6) is 0 Å². The van der Waals surface area contributed by atoms with Gasteiger partial charge in [0.15, 0.2) is 0 Å². The number of rotatable bonds is 8. The molecule has 0 saturated carbocycles. The normalized spacial score (nSPS) is 12.2. The average Bonchev–Trinajstić information content (AvgIpc) is 2.37. The molecule has 0 aromatic heterocycles. The van der Waals surface area contributed by atoms with Crippen LogP contribution < -0.4 is 10.6 Å². The number of benzene rings is 1. The molecule has 0 bridgehead atoms. The minimum atomic E-state index is -0.0962. The highest BCUT2D eigenvalue weighted by Gasteiger charge is 2.07. The van der Waals surface area contributed by atoms with E-state index in [0.29, 0.717) is 16.6 Å². The molecule has 0 heterocycles. The Labute approximate surface area is 119 Å². The second-order valence-electron chi connectivity index (χ2n) is 4.48. The number of amides is 1.